The number of carbonyl (C=O) groups excluding carboxylic acids is 1. The van der Waals surface area contributed by atoms with Gasteiger partial charge in [-0.3, -0.25) is 9.69 Å². The molecule has 3 rings (SSSR count). The highest BCUT2D eigenvalue weighted by Gasteiger charge is 2.22. The van der Waals surface area contributed by atoms with Crippen LogP contribution in [0.5, 0.6) is 5.75 Å². The Morgan fingerprint density at radius 3 is 2.64 bits per heavy atom. The maximum atomic E-state index is 12.3. The molecule has 25 heavy (non-hydrogen) atoms. The number of ether oxygens (including phenoxy) is 1. The molecule has 2 aromatic rings. The molecule has 1 saturated heterocycles. The molecule has 0 atom stereocenters. The summed E-state index contributed by atoms with van der Waals surface area (Å²) in [6, 6.07) is 13.2. The van der Waals surface area contributed by atoms with Crippen molar-refractivity contribution in [3.8, 4) is 11.8 Å². The Kier molecular flexibility index (Phi) is 6.08. The molecule has 1 aliphatic rings. The second kappa shape index (κ2) is 8.48. The normalized spacial score (nSPS) is 15.0. The molecule has 0 N–H and O–H groups in total. The van der Waals surface area contributed by atoms with Gasteiger partial charge in [0, 0.05) is 37.6 Å². The zero-order valence-corrected chi connectivity index (χ0v) is 16.1. The third-order valence-corrected chi connectivity index (χ3v) is 5.70. The van der Waals surface area contributed by atoms with E-state index < -0.39 is 0 Å². The maximum Gasteiger partial charge on any atom is 0.260 e. The lowest BCUT2D eigenvalue weighted by Gasteiger charge is -2.34. The van der Waals surface area contributed by atoms with Crippen LogP contribution < -0.4 is 4.74 Å². The van der Waals surface area contributed by atoms with Gasteiger partial charge in [0.05, 0.1) is 9.35 Å². The fourth-order valence-corrected chi connectivity index (χ4v) is 4.25. The summed E-state index contributed by atoms with van der Waals surface area (Å²) in [6.45, 7) is 4.01. The van der Waals surface area contributed by atoms with Crippen molar-refractivity contribution < 1.29 is 9.53 Å². The smallest absolute Gasteiger partial charge is 0.260 e. The zero-order valence-electron chi connectivity index (χ0n) is 13.7. The number of nitriles is 1. The van der Waals surface area contributed by atoms with Crippen LogP contribution >= 0.6 is 27.3 Å². The molecule has 0 saturated carbocycles. The van der Waals surface area contributed by atoms with Crippen LogP contribution in [-0.2, 0) is 11.3 Å². The Hall–Kier alpha value is -1.88. The van der Waals surface area contributed by atoms with Crippen LogP contribution in [0.15, 0.2) is 40.2 Å². The summed E-state index contributed by atoms with van der Waals surface area (Å²) in [5.41, 5.74) is 0.447. The summed E-state index contributed by atoms with van der Waals surface area (Å²) < 4.78 is 6.68. The standard InChI is InChI=1S/C18H18BrN3O2S/c19-17-6-5-15(25-17)12-21-7-9-22(10-8-21)18(23)13-24-16-4-2-1-3-14(16)11-20/h1-6H,7-10,12-13H2. The first kappa shape index (κ1) is 17.9. The Morgan fingerprint density at radius 1 is 1.20 bits per heavy atom. The van der Waals surface area contributed by atoms with Gasteiger partial charge in [0.2, 0.25) is 0 Å². The second-order valence-corrected chi connectivity index (χ2v) is 8.31. The Balaban J connectivity index is 1.46. The Labute approximate surface area is 159 Å². The van der Waals surface area contributed by atoms with Crippen molar-refractivity contribution in [2.45, 2.75) is 6.54 Å². The van der Waals surface area contributed by atoms with E-state index in [1.807, 2.05) is 4.90 Å². The summed E-state index contributed by atoms with van der Waals surface area (Å²) in [5, 5.41) is 9.05. The van der Waals surface area contributed by atoms with Gasteiger partial charge in [-0.25, -0.2) is 0 Å². The molecule has 1 amide bonds. The molecule has 0 radical (unpaired) electrons. The van der Waals surface area contributed by atoms with E-state index in [0.29, 0.717) is 24.4 Å². The summed E-state index contributed by atoms with van der Waals surface area (Å²) >= 11 is 5.23. The van der Waals surface area contributed by atoms with E-state index in [2.05, 4.69) is 39.0 Å². The Bertz CT molecular complexity index is 779. The monoisotopic (exact) mass is 419 g/mol. The van der Waals surface area contributed by atoms with Gasteiger partial charge in [-0.15, -0.1) is 11.3 Å². The number of carbonyl (C=O) groups is 1. The van der Waals surface area contributed by atoms with Crippen molar-refractivity contribution >= 4 is 33.2 Å². The highest BCUT2D eigenvalue weighted by Crippen LogP contribution is 2.23. The van der Waals surface area contributed by atoms with Crippen molar-refractivity contribution in [2.75, 3.05) is 32.8 Å². The maximum absolute atomic E-state index is 12.3. The molecule has 130 valence electrons. The third kappa shape index (κ3) is 4.82. The van der Waals surface area contributed by atoms with Crippen LogP contribution in [0, 0.1) is 11.3 Å². The molecular formula is C18H18BrN3O2S. The third-order valence-electron chi connectivity index (χ3n) is 4.09. The summed E-state index contributed by atoms with van der Waals surface area (Å²) in [4.78, 5) is 17.8. The SMILES string of the molecule is N#Cc1ccccc1OCC(=O)N1CCN(Cc2ccc(Br)s2)CC1. The van der Waals surface area contributed by atoms with Gasteiger partial charge in [0.1, 0.15) is 11.8 Å². The summed E-state index contributed by atoms with van der Waals surface area (Å²) in [5.74, 6) is 0.423. The minimum absolute atomic E-state index is 0.0312. The van der Waals surface area contributed by atoms with Crippen LogP contribution in [0.25, 0.3) is 0 Å². The van der Waals surface area contributed by atoms with Crippen molar-refractivity contribution in [1.29, 1.82) is 5.26 Å². The van der Waals surface area contributed by atoms with Gasteiger partial charge < -0.3 is 9.64 Å². The number of rotatable bonds is 5. The van der Waals surface area contributed by atoms with Gasteiger partial charge in [0.25, 0.3) is 5.91 Å². The van der Waals surface area contributed by atoms with Crippen LogP contribution in [0.3, 0.4) is 0 Å². The number of hydrogen-bond donors (Lipinski definition) is 0. The van der Waals surface area contributed by atoms with E-state index in [1.54, 1.807) is 35.6 Å². The molecule has 5 nitrogen and oxygen atoms in total. The molecule has 7 heteroatoms. The van der Waals surface area contributed by atoms with Crippen LogP contribution in [0.2, 0.25) is 0 Å². The van der Waals surface area contributed by atoms with E-state index in [-0.39, 0.29) is 12.5 Å². The average Bonchev–Trinajstić information content (AvgIpc) is 3.05. The first-order valence-corrected chi connectivity index (χ1v) is 9.63. The van der Waals surface area contributed by atoms with Crippen molar-refractivity contribution in [2.24, 2.45) is 0 Å². The van der Waals surface area contributed by atoms with Gasteiger partial charge in [-0.2, -0.15) is 5.26 Å². The number of amides is 1. The molecule has 2 heterocycles. The highest BCUT2D eigenvalue weighted by atomic mass is 79.9. The molecule has 1 aliphatic heterocycles. The van der Waals surface area contributed by atoms with Crippen LogP contribution in [-0.4, -0.2) is 48.5 Å². The largest absolute Gasteiger partial charge is 0.482 e. The molecule has 0 unspecified atom stereocenters. The van der Waals surface area contributed by atoms with Crippen LogP contribution in [0.4, 0.5) is 0 Å². The van der Waals surface area contributed by atoms with E-state index in [0.717, 1.165) is 23.4 Å². The van der Waals surface area contributed by atoms with E-state index in [1.165, 1.54) is 4.88 Å². The lowest BCUT2D eigenvalue weighted by atomic mass is 10.2. The topological polar surface area (TPSA) is 56.6 Å². The molecule has 1 aromatic heterocycles. The molecule has 0 spiro atoms. The van der Waals surface area contributed by atoms with E-state index >= 15 is 0 Å². The first-order chi connectivity index (χ1) is 12.2. The number of halogens is 1. The van der Waals surface area contributed by atoms with Gasteiger partial charge in [0.15, 0.2) is 6.61 Å². The number of thiophene rings is 1. The summed E-state index contributed by atoms with van der Waals surface area (Å²) in [7, 11) is 0. The number of hydrogen-bond acceptors (Lipinski definition) is 5. The van der Waals surface area contributed by atoms with Crippen molar-refractivity contribution in [1.82, 2.24) is 9.80 Å². The zero-order chi connectivity index (χ0) is 17.6. The lowest BCUT2D eigenvalue weighted by Crippen LogP contribution is -2.49. The predicted octanol–water partition coefficient (Wildman–Crippen LogP) is 3.11. The average molecular weight is 420 g/mol. The van der Waals surface area contributed by atoms with Gasteiger partial charge >= 0.3 is 0 Å². The number of para-hydroxylation sites is 1. The molecule has 1 fully saturated rings. The number of nitrogens with zero attached hydrogens (tertiary/aromatic N) is 3. The minimum Gasteiger partial charge on any atom is -0.482 e. The number of benzene rings is 1. The molecule has 0 bridgehead atoms. The summed E-state index contributed by atoms with van der Waals surface area (Å²) in [6.07, 6.45) is 0. The van der Waals surface area contributed by atoms with Gasteiger partial charge in [-0.1, -0.05) is 12.1 Å². The fourth-order valence-electron chi connectivity index (χ4n) is 2.73. The van der Waals surface area contributed by atoms with Gasteiger partial charge in [-0.05, 0) is 40.2 Å². The first-order valence-electron chi connectivity index (χ1n) is 8.02. The quantitative estimate of drug-likeness (QED) is 0.746. The highest BCUT2D eigenvalue weighted by molar-refractivity contribution is 9.11. The fraction of sp³-hybridized carbons (Fsp3) is 0.333. The lowest BCUT2D eigenvalue weighted by molar-refractivity contribution is -0.135. The number of piperazine rings is 1. The van der Waals surface area contributed by atoms with E-state index in [9.17, 15) is 4.79 Å². The molecule has 1 aromatic carbocycles. The molecular weight excluding hydrogens is 402 g/mol. The minimum atomic E-state index is -0.0359. The van der Waals surface area contributed by atoms with Crippen LogP contribution in [0.1, 0.15) is 10.4 Å². The second-order valence-electron chi connectivity index (χ2n) is 5.76. The Morgan fingerprint density at radius 2 is 1.96 bits per heavy atom. The van der Waals surface area contributed by atoms with Crippen molar-refractivity contribution in [3.05, 3.63) is 50.6 Å². The van der Waals surface area contributed by atoms with E-state index in [4.69, 9.17) is 10.00 Å². The van der Waals surface area contributed by atoms with Crippen molar-refractivity contribution in [3.63, 3.8) is 0 Å². The molecule has 0 aliphatic carbocycles. The predicted molar refractivity (Wildman–Crippen MR) is 101 cm³/mol.